The highest BCUT2D eigenvalue weighted by Gasteiger charge is 2.27. The molecule has 0 rings (SSSR count). The Labute approximate surface area is 334 Å². The second-order valence-electron chi connectivity index (χ2n) is 15.5. The Bertz CT molecular complexity index is 1110. The summed E-state index contributed by atoms with van der Waals surface area (Å²) in [5.41, 5.74) is 0. The molecular formula is C44H83NO8P+. The molecular weight excluding hydrogens is 701 g/mol. The fourth-order valence-corrected chi connectivity index (χ4v) is 6.38. The van der Waals surface area contributed by atoms with E-state index in [-0.39, 0.29) is 32.0 Å². The maximum Gasteiger partial charge on any atom is 0.472 e. The smallest absolute Gasteiger partial charge is 0.462 e. The van der Waals surface area contributed by atoms with Gasteiger partial charge in [-0.1, -0.05) is 159 Å². The number of hydrogen-bond donors (Lipinski definition) is 1. The van der Waals surface area contributed by atoms with Crippen LogP contribution >= 0.6 is 7.82 Å². The maximum atomic E-state index is 12.7. The molecule has 0 amide bonds. The molecule has 2 atom stereocenters. The van der Waals surface area contributed by atoms with E-state index in [1.807, 2.05) is 40.2 Å². The quantitative estimate of drug-likeness (QED) is 0.0216. The van der Waals surface area contributed by atoms with Crippen LogP contribution in [0.1, 0.15) is 183 Å². The van der Waals surface area contributed by atoms with Gasteiger partial charge in [-0.25, -0.2) is 4.57 Å². The van der Waals surface area contributed by atoms with E-state index in [0.717, 1.165) is 57.8 Å². The predicted molar refractivity (Wildman–Crippen MR) is 224 cm³/mol. The molecule has 0 radical (unpaired) electrons. The van der Waals surface area contributed by atoms with E-state index in [9.17, 15) is 19.0 Å². The van der Waals surface area contributed by atoms with Crippen molar-refractivity contribution in [2.24, 2.45) is 0 Å². The summed E-state index contributed by atoms with van der Waals surface area (Å²) in [5.74, 6) is -0.859. The van der Waals surface area contributed by atoms with Crippen molar-refractivity contribution in [2.45, 2.75) is 187 Å². The number of quaternary nitrogens is 1. The normalized spacial score (nSPS) is 14.8. The molecule has 316 valence electrons. The third-order valence-electron chi connectivity index (χ3n) is 9.01. The number of rotatable bonds is 39. The Morgan fingerprint density at radius 1 is 0.648 bits per heavy atom. The first kappa shape index (κ1) is 48.4. The summed E-state index contributed by atoms with van der Waals surface area (Å²) < 4.78 is 50.0. The SMILES string of the molecule is [2H]C([2H])(/C=C\CC)/C=C\C/C=C\CCCCCCCC(=O)O[C@H](COC(=O)CCCCCCCCCCCCCCCCC)COP(=O)(O)OCC[N+](C)(C)C. The predicted octanol–water partition coefficient (Wildman–Crippen LogP) is 12.1. The topological polar surface area (TPSA) is 108 Å². The first-order chi connectivity index (χ1) is 26.7. The molecule has 0 aromatic heterocycles. The number of unbranched alkanes of at least 4 members (excludes halogenated alkanes) is 19. The van der Waals surface area contributed by atoms with Crippen molar-refractivity contribution < 1.29 is 44.8 Å². The number of esters is 2. The summed E-state index contributed by atoms with van der Waals surface area (Å²) in [5, 5.41) is 0. The number of carbonyl (C=O) groups excluding carboxylic acids is 2. The third kappa shape index (κ3) is 39.9. The number of nitrogens with zero attached hydrogens (tertiary/aromatic N) is 1. The molecule has 0 saturated carbocycles. The second kappa shape index (κ2) is 36.8. The van der Waals surface area contributed by atoms with Crippen LogP contribution in [-0.4, -0.2) is 74.9 Å². The van der Waals surface area contributed by atoms with Gasteiger partial charge in [-0.3, -0.25) is 18.6 Å². The van der Waals surface area contributed by atoms with Gasteiger partial charge in [0.25, 0.3) is 0 Å². The van der Waals surface area contributed by atoms with Gasteiger partial charge in [0.2, 0.25) is 0 Å². The van der Waals surface area contributed by atoms with Gasteiger partial charge in [-0.15, -0.1) is 0 Å². The molecule has 0 heterocycles. The van der Waals surface area contributed by atoms with Crippen molar-refractivity contribution in [1.29, 1.82) is 0 Å². The van der Waals surface area contributed by atoms with Crippen LogP contribution in [-0.2, 0) is 32.7 Å². The second-order valence-corrected chi connectivity index (χ2v) is 17.0. The van der Waals surface area contributed by atoms with E-state index < -0.39 is 32.9 Å². The zero-order valence-electron chi connectivity index (χ0n) is 37.2. The van der Waals surface area contributed by atoms with Crippen molar-refractivity contribution >= 4 is 19.8 Å². The van der Waals surface area contributed by atoms with Crippen LogP contribution in [0, 0.1) is 0 Å². The average Bonchev–Trinajstić information content (AvgIpc) is 3.13. The summed E-state index contributed by atoms with van der Waals surface area (Å²) >= 11 is 0. The van der Waals surface area contributed by atoms with E-state index in [2.05, 4.69) is 19.1 Å². The first-order valence-corrected chi connectivity index (χ1v) is 23.0. The van der Waals surface area contributed by atoms with Crippen molar-refractivity contribution in [1.82, 2.24) is 0 Å². The standard InChI is InChI=1S/C44H82NO8P/c1-6-8-10-12-14-16-18-20-22-24-26-28-30-32-34-36-43(46)50-40-42(41-52-54(48,49)51-39-38-45(3,4)5)53-44(47)37-35-33-31-29-27-25-23-21-19-17-15-13-11-9-7-2/h9,11,15,17,21,23,42H,6-8,10,12-14,16,18-20,22,24-41H2,1-5H3/p+1/b11-9-,17-15-,23-21-/t42-/m1/s1/i13D2. The van der Waals surface area contributed by atoms with E-state index >= 15 is 0 Å². The van der Waals surface area contributed by atoms with Crippen LogP contribution in [0.25, 0.3) is 0 Å². The molecule has 0 aliphatic rings. The number of hydrogen-bond acceptors (Lipinski definition) is 7. The van der Waals surface area contributed by atoms with E-state index in [1.54, 1.807) is 12.2 Å². The lowest BCUT2D eigenvalue weighted by atomic mass is 10.0. The van der Waals surface area contributed by atoms with Gasteiger partial charge in [-0.05, 0) is 44.9 Å². The largest absolute Gasteiger partial charge is 0.472 e. The Hall–Kier alpha value is -1.77. The van der Waals surface area contributed by atoms with Gasteiger partial charge in [0.05, 0.1) is 27.7 Å². The maximum absolute atomic E-state index is 12.7. The van der Waals surface area contributed by atoms with Crippen LogP contribution in [0.15, 0.2) is 36.5 Å². The summed E-state index contributed by atoms with van der Waals surface area (Å²) in [4.78, 5) is 35.4. The highest BCUT2D eigenvalue weighted by Crippen LogP contribution is 2.43. The lowest BCUT2D eigenvalue weighted by Crippen LogP contribution is -2.37. The van der Waals surface area contributed by atoms with Gasteiger partial charge in [0.15, 0.2) is 6.10 Å². The molecule has 0 spiro atoms. The van der Waals surface area contributed by atoms with Gasteiger partial charge in [0, 0.05) is 15.6 Å². The molecule has 1 unspecified atom stereocenters. The Morgan fingerprint density at radius 2 is 1.15 bits per heavy atom. The lowest BCUT2D eigenvalue weighted by Gasteiger charge is -2.24. The summed E-state index contributed by atoms with van der Waals surface area (Å²) in [6.07, 6.45) is 34.7. The minimum absolute atomic E-state index is 0.0147. The van der Waals surface area contributed by atoms with Crippen molar-refractivity contribution in [3.63, 3.8) is 0 Å². The fraction of sp³-hybridized carbons (Fsp3) is 0.818. The van der Waals surface area contributed by atoms with Crippen LogP contribution < -0.4 is 0 Å². The zero-order chi connectivity index (χ0) is 41.8. The monoisotopic (exact) mass is 787 g/mol. The molecule has 0 saturated heterocycles. The highest BCUT2D eigenvalue weighted by molar-refractivity contribution is 7.47. The number of phosphoric acid groups is 1. The third-order valence-corrected chi connectivity index (χ3v) is 9.99. The molecule has 0 aliphatic heterocycles. The zero-order valence-corrected chi connectivity index (χ0v) is 36.1. The van der Waals surface area contributed by atoms with Crippen LogP contribution in [0.5, 0.6) is 0 Å². The number of likely N-dealkylation sites (N-methyl/N-ethyl adjacent to an activating group) is 1. The van der Waals surface area contributed by atoms with Gasteiger partial charge < -0.3 is 18.9 Å². The number of ether oxygens (including phenoxy) is 2. The van der Waals surface area contributed by atoms with Gasteiger partial charge in [-0.2, -0.15) is 0 Å². The molecule has 0 fully saturated rings. The Morgan fingerprint density at radius 3 is 1.70 bits per heavy atom. The number of carbonyl (C=O) groups is 2. The molecule has 0 aromatic carbocycles. The minimum atomic E-state index is -4.40. The molecule has 54 heavy (non-hydrogen) atoms. The lowest BCUT2D eigenvalue weighted by molar-refractivity contribution is -0.870. The highest BCUT2D eigenvalue weighted by atomic mass is 31.2. The minimum Gasteiger partial charge on any atom is -0.462 e. The number of allylic oxidation sites excluding steroid dienone is 6. The van der Waals surface area contributed by atoms with Crippen molar-refractivity contribution in [2.75, 3.05) is 47.5 Å². The van der Waals surface area contributed by atoms with Crippen LogP contribution in [0.3, 0.4) is 0 Å². The van der Waals surface area contributed by atoms with Gasteiger partial charge in [0.1, 0.15) is 19.8 Å². The van der Waals surface area contributed by atoms with Crippen molar-refractivity contribution in [3.05, 3.63) is 36.5 Å². The van der Waals surface area contributed by atoms with Gasteiger partial charge >= 0.3 is 19.8 Å². The summed E-state index contributed by atoms with van der Waals surface area (Å²) in [6.45, 7) is 4.07. The first-order valence-electron chi connectivity index (χ1n) is 22.5. The van der Waals surface area contributed by atoms with Crippen molar-refractivity contribution in [3.8, 4) is 0 Å². The Balaban J connectivity index is 4.44. The van der Waals surface area contributed by atoms with E-state index in [0.29, 0.717) is 23.9 Å². The molecule has 9 nitrogen and oxygen atoms in total. The Kier molecular flexibility index (Phi) is 33.0. The van der Waals surface area contributed by atoms with E-state index in [1.165, 1.54) is 77.0 Å². The fourth-order valence-electron chi connectivity index (χ4n) is 5.64. The number of phosphoric ester groups is 1. The molecule has 10 heteroatoms. The average molecular weight is 787 g/mol. The molecule has 0 aliphatic carbocycles. The molecule has 0 bridgehead atoms. The summed E-state index contributed by atoms with van der Waals surface area (Å²) in [6, 6.07) is 0. The molecule has 0 aromatic rings. The van der Waals surface area contributed by atoms with Crippen LogP contribution in [0.2, 0.25) is 0 Å². The summed E-state index contributed by atoms with van der Waals surface area (Å²) in [7, 11) is 1.42. The molecule has 1 N–H and O–H groups in total. The van der Waals surface area contributed by atoms with Crippen LogP contribution in [0.4, 0.5) is 0 Å². The van der Waals surface area contributed by atoms with E-state index in [4.69, 9.17) is 21.3 Å².